The lowest BCUT2D eigenvalue weighted by Crippen LogP contribution is -2.08. The van der Waals surface area contributed by atoms with Crippen molar-refractivity contribution in [1.82, 2.24) is 0 Å². The first-order chi connectivity index (χ1) is 8.70. The highest BCUT2D eigenvalue weighted by atomic mass is 16.5. The molecule has 2 aromatic rings. The molecule has 0 saturated carbocycles. The second-order valence-electron chi connectivity index (χ2n) is 4.23. The minimum atomic E-state index is 0.210. The maximum atomic E-state index is 5.98. The van der Waals surface area contributed by atoms with E-state index in [1.807, 2.05) is 36.4 Å². The van der Waals surface area contributed by atoms with Gasteiger partial charge in [-0.3, -0.25) is 0 Å². The fourth-order valence-corrected chi connectivity index (χ4v) is 1.86. The summed E-state index contributed by atoms with van der Waals surface area (Å²) >= 11 is 0. The molecule has 1 unspecified atom stereocenters. The van der Waals surface area contributed by atoms with Crippen molar-refractivity contribution in [2.75, 3.05) is 18.2 Å². The zero-order valence-corrected chi connectivity index (χ0v) is 10.7. The van der Waals surface area contributed by atoms with Gasteiger partial charge in [-0.25, -0.2) is 0 Å². The average Bonchev–Trinajstić information content (AvgIpc) is 2.42. The molecule has 3 N–H and O–H groups in total. The SMILES string of the molecule is COc1ccc(NC(C)c2ccccc2)c(N)c1. The van der Waals surface area contributed by atoms with Gasteiger partial charge >= 0.3 is 0 Å². The predicted molar refractivity (Wildman–Crippen MR) is 75.9 cm³/mol. The van der Waals surface area contributed by atoms with E-state index in [-0.39, 0.29) is 6.04 Å². The molecule has 0 spiro atoms. The minimum absolute atomic E-state index is 0.210. The number of rotatable bonds is 4. The summed E-state index contributed by atoms with van der Waals surface area (Å²) in [5.41, 5.74) is 8.83. The van der Waals surface area contributed by atoms with Crippen LogP contribution in [0.15, 0.2) is 48.5 Å². The number of anilines is 2. The molecule has 1 atom stereocenters. The lowest BCUT2D eigenvalue weighted by Gasteiger charge is -2.17. The fraction of sp³-hybridized carbons (Fsp3) is 0.200. The zero-order valence-electron chi connectivity index (χ0n) is 10.7. The van der Waals surface area contributed by atoms with Gasteiger partial charge in [0.2, 0.25) is 0 Å². The van der Waals surface area contributed by atoms with E-state index in [1.165, 1.54) is 5.56 Å². The molecule has 2 rings (SSSR count). The molecule has 0 radical (unpaired) electrons. The largest absolute Gasteiger partial charge is 0.497 e. The Kier molecular flexibility index (Phi) is 3.72. The van der Waals surface area contributed by atoms with Crippen molar-refractivity contribution in [3.05, 3.63) is 54.1 Å². The summed E-state index contributed by atoms with van der Waals surface area (Å²) in [5, 5.41) is 3.40. The lowest BCUT2D eigenvalue weighted by molar-refractivity contribution is 0.415. The van der Waals surface area contributed by atoms with Crippen LogP contribution in [0.4, 0.5) is 11.4 Å². The van der Waals surface area contributed by atoms with Gasteiger partial charge in [0, 0.05) is 12.1 Å². The maximum Gasteiger partial charge on any atom is 0.121 e. The fourth-order valence-electron chi connectivity index (χ4n) is 1.86. The molecule has 0 aliphatic carbocycles. The van der Waals surface area contributed by atoms with Crippen molar-refractivity contribution in [2.24, 2.45) is 0 Å². The summed E-state index contributed by atoms with van der Waals surface area (Å²) < 4.78 is 5.13. The van der Waals surface area contributed by atoms with Crippen LogP contribution in [-0.2, 0) is 0 Å². The van der Waals surface area contributed by atoms with E-state index in [2.05, 4.69) is 24.4 Å². The number of nitrogen functional groups attached to an aromatic ring is 1. The molecule has 3 nitrogen and oxygen atoms in total. The van der Waals surface area contributed by atoms with Crippen LogP contribution >= 0.6 is 0 Å². The smallest absolute Gasteiger partial charge is 0.121 e. The summed E-state index contributed by atoms with van der Waals surface area (Å²) in [7, 11) is 1.63. The van der Waals surface area contributed by atoms with Crippen molar-refractivity contribution in [2.45, 2.75) is 13.0 Å². The van der Waals surface area contributed by atoms with E-state index in [4.69, 9.17) is 10.5 Å². The van der Waals surface area contributed by atoms with Gasteiger partial charge in [0.05, 0.1) is 18.5 Å². The predicted octanol–water partition coefficient (Wildman–Crippen LogP) is 3.45. The number of ether oxygens (including phenoxy) is 1. The van der Waals surface area contributed by atoms with Crippen molar-refractivity contribution < 1.29 is 4.74 Å². The summed E-state index contributed by atoms with van der Waals surface area (Å²) in [4.78, 5) is 0. The summed E-state index contributed by atoms with van der Waals surface area (Å²) in [6, 6.07) is 16.1. The molecule has 0 amide bonds. The van der Waals surface area contributed by atoms with Crippen LogP contribution in [0.25, 0.3) is 0 Å². The van der Waals surface area contributed by atoms with Gasteiger partial charge in [0.15, 0.2) is 0 Å². The number of hydrogen-bond acceptors (Lipinski definition) is 3. The van der Waals surface area contributed by atoms with E-state index in [0.717, 1.165) is 11.4 Å². The number of hydrogen-bond donors (Lipinski definition) is 2. The Hall–Kier alpha value is -2.16. The molecule has 2 aromatic carbocycles. The Morgan fingerprint density at radius 1 is 1.11 bits per heavy atom. The van der Waals surface area contributed by atoms with Crippen LogP contribution < -0.4 is 15.8 Å². The summed E-state index contributed by atoms with van der Waals surface area (Å²) in [6.07, 6.45) is 0. The number of nitrogens with one attached hydrogen (secondary N) is 1. The van der Waals surface area contributed by atoms with Gasteiger partial charge in [-0.1, -0.05) is 30.3 Å². The van der Waals surface area contributed by atoms with Crippen LogP contribution in [0.5, 0.6) is 5.75 Å². The molecule has 0 fully saturated rings. The molecule has 0 aliphatic heterocycles. The quantitative estimate of drug-likeness (QED) is 0.807. The van der Waals surface area contributed by atoms with Crippen molar-refractivity contribution in [3.8, 4) is 5.75 Å². The third kappa shape index (κ3) is 2.74. The second kappa shape index (κ2) is 5.45. The van der Waals surface area contributed by atoms with Crippen LogP contribution in [0.3, 0.4) is 0 Å². The van der Waals surface area contributed by atoms with Crippen LogP contribution in [0, 0.1) is 0 Å². The number of nitrogens with two attached hydrogens (primary N) is 1. The molecule has 0 bridgehead atoms. The Balaban J connectivity index is 2.14. The zero-order chi connectivity index (χ0) is 13.0. The minimum Gasteiger partial charge on any atom is -0.497 e. The Labute approximate surface area is 108 Å². The van der Waals surface area contributed by atoms with Crippen LogP contribution in [0.1, 0.15) is 18.5 Å². The lowest BCUT2D eigenvalue weighted by atomic mass is 10.1. The molecule has 94 valence electrons. The van der Waals surface area contributed by atoms with Crippen molar-refractivity contribution >= 4 is 11.4 Å². The average molecular weight is 242 g/mol. The molecule has 0 heterocycles. The maximum absolute atomic E-state index is 5.98. The normalized spacial score (nSPS) is 11.9. The van der Waals surface area contributed by atoms with Gasteiger partial charge in [0.1, 0.15) is 5.75 Å². The number of methoxy groups -OCH3 is 1. The first-order valence-corrected chi connectivity index (χ1v) is 5.95. The first-order valence-electron chi connectivity index (χ1n) is 5.95. The molecule has 3 heteroatoms. The van der Waals surface area contributed by atoms with E-state index in [0.29, 0.717) is 5.69 Å². The summed E-state index contributed by atoms with van der Waals surface area (Å²) in [6.45, 7) is 2.11. The van der Waals surface area contributed by atoms with Gasteiger partial charge in [-0.2, -0.15) is 0 Å². The Bertz CT molecular complexity index is 511. The monoisotopic (exact) mass is 242 g/mol. The van der Waals surface area contributed by atoms with Crippen LogP contribution in [0.2, 0.25) is 0 Å². The van der Waals surface area contributed by atoms with E-state index < -0.39 is 0 Å². The molecule has 0 saturated heterocycles. The number of benzene rings is 2. The highest BCUT2D eigenvalue weighted by molar-refractivity contribution is 5.68. The Morgan fingerprint density at radius 2 is 1.83 bits per heavy atom. The molecular formula is C15H18N2O. The van der Waals surface area contributed by atoms with E-state index in [1.54, 1.807) is 7.11 Å². The van der Waals surface area contributed by atoms with E-state index >= 15 is 0 Å². The molecule has 18 heavy (non-hydrogen) atoms. The first kappa shape index (κ1) is 12.3. The Morgan fingerprint density at radius 3 is 2.44 bits per heavy atom. The standard InChI is InChI=1S/C15H18N2O/c1-11(12-6-4-3-5-7-12)17-15-9-8-13(18-2)10-14(15)16/h3-11,17H,16H2,1-2H3. The molecule has 0 aromatic heterocycles. The second-order valence-corrected chi connectivity index (χ2v) is 4.23. The van der Waals surface area contributed by atoms with Gasteiger partial charge in [-0.05, 0) is 24.6 Å². The van der Waals surface area contributed by atoms with Crippen molar-refractivity contribution in [3.63, 3.8) is 0 Å². The topological polar surface area (TPSA) is 47.3 Å². The van der Waals surface area contributed by atoms with Gasteiger partial charge in [0.25, 0.3) is 0 Å². The van der Waals surface area contributed by atoms with Crippen molar-refractivity contribution in [1.29, 1.82) is 0 Å². The third-order valence-electron chi connectivity index (χ3n) is 2.93. The third-order valence-corrected chi connectivity index (χ3v) is 2.93. The highest BCUT2D eigenvalue weighted by Crippen LogP contribution is 2.27. The highest BCUT2D eigenvalue weighted by Gasteiger charge is 2.07. The van der Waals surface area contributed by atoms with Gasteiger partial charge in [-0.15, -0.1) is 0 Å². The summed E-state index contributed by atoms with van der Waals surface area (Å²) in [5.74, 6) is 0.769. The molecule has 0 aliphatic rings. The van der Waals surface area contributed by atoms with Crippen LogP contribution in [-0.4, -0.2) is 7.11 Å². The van der Waals surface area contributed by atoms with E-state index in [9.17, 15) is 0 Å². The van der Waals surface area contributed by atoms with Gasteiger partial charge < -0.3 is 15.8 Å². The molecular weight excluding hydrogens is 224 g/mol.